The molecule has 2 amide bonds. The number of amides is 2. The molecule has 0 spiro atoms. The largest absolute Gasteiger partial charge is 0.456 e. The van der Waals surface area contributed by atoms with Gasteiger partial charge in [0.25, 0.3) is 5.91 Å². The summed E-state index contributed by atoms with van der Waals surface area (Å²) in [6, 6.07) is 14.5. The Kier molecular flexibility index (Phi) is 9.73. The third-order valence-corrected chi connectivity index (χ3v) is 11.5. The van der Waals surface area contributed by atoms with Crippen molar-refractivity contribution in [2.45, 2.75) is 95.9 Å². The molecule has 7 atom stereocenters. The normalized spacial score (nSPS) is 31.7. The zero-order chi connectivity index (χ0) is 35.0. The highest BCUT2D eigenvalue weighted by molar-refractivity contribution is 5.95. The van der Waals surface area contributed by atoms with E-state index in [1.165, 1.54) is 18.4 Å². The highest BCUT2D eigenvalue weighted by atomic mass is 16.7. The van der Waals surface area contributed by atoms with Crippen molar-refractivity contribution in [2.24, 2.45) is 17.3 Å². The number of benzene rings is 2. The van der Waals surface area contributed by atoms with Crippen molar-refractivity contribution < 1.29 is 38.4 Å². The number of aliphatic hydroxyl groups is 1. The molecular weight excluding hydrogens is 636 g/mol. The van der Waals surface area contributed by atoms with Crippen molar-refractivity contribution in [3.63, 3.8) is 0 Å². The van der Waals surface area contributed by atoms with Gasteiger partial charge in [0.05, 0.1) is 23.9 Å². The summed E-state index contributed by atoms with van der Waals surface area (Å²) >= 11 is 0. The molecule has 7 rings (SSSR count). The number of aliphatic hydroxyl groups excluding tert-OH is 1. The summed E-state index contributed by atoms with van der Waals surface area (Å²) in [6.45, 7) is 7.31. The van der Waals surface area contributed by atoms with Crippen LogP contribution < -0.4 is 10.6 Å². The standard InChI is InChI=1S/C40H48N2O8/c1-39(2)21-30-27(11-12-34-40(3,50-34)14-13-31(30)39)17-24-7-9-26(10-8-24)38(46)49-33-20-29(19-32-35(33)48-23-47-32)37(45)42-22-25-5-4-6-28(18-25)36(44)41-15-16-43/h4-10,17-19,30-35,43H,11-16,20-23H2,1-3H3,(H,41,44)(H,42,45). The van der Waals surface area contributed by atoms with Crippen molar-refractivity contribution >= 4 is 23.9 Å². The van der Waals surface area contributed by atoms with Gasteiger partial charge in [-0.05, 0) is 97.7 Å². The number of carbonyl (C=O) groups excluding carboxylic acids is 3. The van der Waals surface area contributed by atoms with E-state index >= 15 is 0 Å². The second-order valence-electron chi connectivity index (χ2n) is 15.3. The first-order chi connectivity index (χ1) is 24.0. The first kappa shape index (κ1) is 34.6. The van der Waals surface area contributed by atoms with Gasteiger partial charge in [0.15, 0.2) is 0 Å². The Labute approximate surface area is 293 Å². The average Bonchev–Trinajstić information content (AvgIpc) is 3.48. The predicted molar refractivity (Wildman–Crippen MR) is 186 cm³/mol. The molecule has 0 bridgehead atoms. The number of nitrogens with one attached hydrogen (secondary N) is 2. The summed E-state index contributed by atoms with van der Waals surface area (Å²) in [5.41, 5.74) is 5.02. The van der Waals surface area contributed by atoms with Crippen LogP contribution in [0.25, 0.3) is 6.08 Å². The Morgan fingerprint density at radius 3 is 2.60 bits per heavy atom. The van der Waals surface area contributed by atoms with Gasteiger partial charge in [-0.3, -0.25) is 9.59 Å². The molecular formula is C40H48N2O8. The molecule has 4 fully saturated rings. The Hall–Kier alpha value is -3.83. The van der Waals surface area contributed by atoms with Crippen molar-refractivity contribution in [3.8, 4) is 0 Å². The third kappa shape index (κ3) is 7.30. The highest BCUT2D eigenvalue weighted by Crippen LogP contribution is 2.59. The number of ether oxygens (including phenoxy) is 4. The zero-order valence-corrected chi connectivity index (χ0v) is 29.1. The minimum atomic E-state index is -0.700. The quantitative estimate of drug-likeness (QED) is 0.245. The van der Waals surface area contributed by atoms with Crippen LogP contribution in [0.2, 0.25) is 0 Å². The molecule has 2 aromatic carbocycles. The van der Waals surface area contributed by atoms with Gasteiger partial charge in [-0.1, -0.05) is 49.8 Å². The maximum atomic E-state index is 13.4. The topological polar surface area (TPSA) is 136 Å². The number of hydrogen-bond donors (Lipinski definition) is 3. The molecule has 2 aromatic rings. The molecule has 5 aliphatic rings. The number of fused-ring (bicyclic) bond motifs is 3. The SMILES string of the molecule is CC1(C)CC2C(=Cc3ccc(C(=O)OC4CC(C(=O)NCc5cccc(C(=O)NCCO)c5)=CC5OCOC54)cc3)CCC3OC3(C)CCC21. The Morgan fingerprint density at radius 2 is 1.82 bits per heavy atom. The minimum Gasteiger partial charge on any atom is -0.456 e. The predicted octanol–water partition coefficient (Wildman–Crippen LogP) is 5.10. The first-order valence-electron chi connectivity index (χ1n) is 17.9. The number of rotatable bonds is 9. The number of allylic oxidation sites excluding steroid dienone is 1. The summed E-state index contributed by atoms with van der Waals surface area (Å²) < 4.78 is 23.6. The lowest BCUT2D eigenvalue weighted by Crippen LogP contribution is -2.45. The average molecular weight is 685 g/mol. The summed E-state index contributed by atoms with van der Waals surface area (Å²) in [6.07, 6.45) is 8.50. The molecule has 10 nitrogen and oxygen atoms in total. The molecule has 10 heteroatoms. The molecule has 0 aromatic heterocycles. The van der Waals surface area contributed by atoms with Gasteiger partial charge in [0.2, 0.25) is 5.91 Å². The fourth-order valence-corrected chi connectivity index (χ4v) is 8.45. The number of hydrogen-bond acceptors (Lipinski definition) is 8. The van der Waals surface area contributed by atoms with Crippen LogP contribution >= 0.6 is 0 Å². The summed E-state index contributed by atoms with van der Waals surface area (Å²) in [5.74, 6) is 0.164. The van der Waals surface area contributed by atoms with Crippen LogP contribution in [0.4, 0.5) is 0 Å². The van der Waals surface area contributed by atoms with E-state index in [0.717, 1.165) is 30.4 Å². The molecule has 7 unspecified atom stereocenters. The number of epoxide rings is 1. The van der Waals surface area contributed by atoms with Gasteiger partial charge in [0.1, 0.15) is 25.1 Å². The van der Waals surface area contributed by atoms with E-state index < -0.39 is 24.3 Å². The molecule has 2 saturated carbocycles. The number of esters is 1. The van der Waals surface area contributed by atoms with Gasteiger partial charge < -0.3 is 34.7 Å². The van der Waals surface area contributed by atoms with Crippen LogP contribution in [0.5, 0.6) is 0 Å². The van der Waals surface area contributed by atoms with Crippen LogP contribution in [0.1, 0.15) is 91.1 Å². The van der Waals surface area contributed by atoms with Crippen LogP contribution in [0.3, 0.4) is 0 Å². The van der Waals surface area contributed by atoms with Crippen LogP contribution in [0.15, 0.2) is 65.8 Å². The van der Waals surface area contributed by atoms with Gasteiger partial charge in [-0.2, -0.15) is 0 Å². The van der Waals surface area contributed by atoms with E-state index in [4.69, 9.17) is 24.1 Å². The lowest BCUT2D eigenvalue weighted by Gasteiger charge is -2.53. The Bertz CT molecular complexity index is 1680. The molecule has 3 N–H and O–H groups in total. The number of carbonyl (C=O) groups is 3. The molecule has 2 saturated heterocycles. The van der Waals surface area contributed by atoms with Gasteiger partial charge in [0, 0.05) is 30.6 Å². The van der Waals surface area contributed by atoms with Gasteiger partial charge in [-0.25, -0.2) is 4.79 Å². The molecule has 3 aliphatic carbocycles. The second kappa shape index (κ2) is 14.1. The first-order valence-corrected chi connectivity index (χ1v) is 17.9. The zero-order valence-electron chi connectivity index (χ0n) is 29.1. The van der Waals surface area contributed by atoms with Crippen LogP contribution in [-0.2, 0) is 30.3 Å². The van der Waals surface area contributed by atoms with Gasteiger partial charge in [-0.15, -0.1) is 0 Å². The van der Waals surface area contributed by atoms with E-state index in [2.05, 4.69) is 37.5 Å². The third-order valence-electron chi connectivity index (χ3n) is 11.5. The van der Waals surface area contributed by atoms with Crippen molar-refractivity contribution in [3.05, 3.63) is 88.0 Å². The smallest absolute Gasteiger partial charge is 0.338 e. The minimum absolute atomic E-state index is 0.0500. The maximum Gasteiger partial charge on any atom is 0.338 e. The Balaban J connectivity index is 0.980. The Morgan fingerprint density at radius 1 is 1.00 bits per heavy atom. The van der Waals surface area contributed by atoms with E-state index in [1.54, 1.807) is 36.4 Å². The molecule has 2 aliphatic heterocycles. The lowest BCUT2D eigenvalue weighted by atomic mass is 9.52. The summed E-state index contributed by atoms with van der Waals surface area (Å²) in [5, 5.41) is 14.5. The van der Waals surface area contributed by atoms with Crippen molar-refractivity contribution in [1.82, 2.24) is 10.6 Å². The second-order valence-corrected chi connectivity index (χ2v) is 15.3. The lowest BCUT2D eigenvalue weighted by molar-refractivity contribution is -0.118. The van der Waals surface area contributed by atoms with Crippen molar-refractivity contribution in [2.75, 3.05) is 19.9 Å². The van der Waals surface area contributed by atoms with E-state index in [1.807, 2.05) is 18.2 Å². The maximum absolute atomic E-state index is 13.4. The van der Waals surface area contributed by atoms with Crippen molar-refractivity contribution in [1.29, 1.82) is 0 Å². The summed E-state index contributed by atoms with van der Waals surface area (Å²) in [4.78, 5) is 38.9. The van der Waals surface area contributed by atoms with Gasteiger partial charge >= 0.3 is 5.97 Å². The fourth-order valence-electron chi connectivity index (χ4n) is 8.45. The summed E-state index contributed by atoms with van der Waals surface area (Å²) in [7, 11) is 0. The highest BCUT2D eigenvalue weighted by Gasteiger charge is 2.56. The molecule has 2 heterocycles. The van der Waals surface area contributed by atoms with Crippen LogP contribution in [-0.4, -0.2) is 72.9 Å². The van der Waals surface area contributed by atoms with E-state index in [9.17, 15) is 14.4 Å². The molecule has 0 radical (unpaired) electrons. The van der Waals surface area contributed by atoms with E-state index in [-0.39, 0.29) is 50.3 Å². The van der Waals surface area contributed by atoms with E-state index in [0.29, 0.717) is 40.1 Å². The molecule has 266 valence electrons. The molecule has 50 heavy (non-hydrogen) atoms. The fraction of sp³-hybridized carbons (Fsp3) is 0.525. The monoisotopic (exact) mass is 684 g/mol. The van der Waals surface area contributed by atoms with Crippen LogP contribution in [0, 0.1) is 17.3 Å².